The number of aliphatic hydroxyl groups excluding tert-OH is 3. The summed E-state index contributed by atoms with van der Waals surface area (Å²) in [5, 5.41) is 29.1. The summed E-state index contributed by atoms with van der Waals surface area (Å²) in [5.74, 6) is 0.134. The smallest absolute Gasteiger partial charge is 0.198 e. The Morgan fingerprint density at radius 2 is 0.823 bits per heavy atom. The van der Waals surface area contributed by atoms with Crippen LogP contribution in [0.25, 0.3) is 0 Å². The summed E-state index contributed by atoms with van der Waals surface area (Å²) in [6, 6.07) is 26.9. The lowest BCUT2D eigenvalue weighted by Crippen LogP contribution is -2.52. The van der Waals surface area contributed by atoms with E-state index in [0.717, 1.165) is 27.7 Å². The monoisotopic (exact) mass is 851 g/mol. The predicted molar refractivity (Wildman–Crippen MR) is 247 cm³/mol. The maximum absolute atomic E-state index is 14.1. The van der Waals surface area contributed by atoms with Crippen LogP contribution >= 0.6 is 0 Å². The minimum Gasteiger partial charge on any atom is -0.488 e. The van der Waals surface area contributed by atoms with Gasteiger partial charge in [-0.25, -0.2) is 0 Å². The van der Waals surface area contributed by atoms with Crippen LogP contribution in [0.3, 0.4) is 0 Å². The average Bonchev–Trinajstić information content (AvgIpc) is 3.27. The van der Waals surface area contributed by atoms with E-state index in [1.807, 2.05) is 24.3 Å². The van der Waals surface area contributed by atoms with Crippen molar-refractivity contribution in [2.45, 2.75) is 117 Å². The van der Waals surface area contributed by atoms with E-state index in [2.05, 4.69) is 45.2 Å². The molecule has 4 aromatic rings. The van der Waals surface area contributed by atoms with Crippen LogP contribution in [0.15, 0.2) is 84.9 Å². The Morgan fingerprint density at radius 1 is 0.452 bits per heavy atom. The van der Waals surface area contributed by atoms with Crippen molar-refractivity contribution in [3.8, 4) is 11.5 Å². The number of unbranched alkanes of at least 4 members (excludes halogenated alkanes) is 10. The standard InChI is InChI=1S/C53H74N2O7/c1-4-6-8-10-12-16-30-54(3,31-17-13-11-9-7-5-2)38-42-20-24-44(25-21-42)40-61-48-28-29-49(51-50(48)52(59)46-18-14-15-19-47(46)53(51)60)62-41-45-26-22-43(23-27-45)39-55(32-35-56,33-36-57)34-37-58/h14-15,18-29,56-58H,4-13,16-17,30-41H2,1-3H3/q+2. The summed E-state index contributed by atoms with van der Waals surface area (Å²) < 4.78 is 14.1. The molecular formula is C53H74N2O7+2. The molecule has 0 saturated carbocycles. The molecule has 0 bridgehead atoms. The highest BCUT2D eigenvalue weighted by molar-refractivity contribution is 6.30. The number of ether oxygens (including phenoxy) is 2. The van der Waals surface area contributed by atoms with Gasteiger partial charge in [0, 0.05) is 22.3 Å². The number of hydrogen-bond donors (Lipinski definition) is 3. The van der Waals surface area contributed by atoms with Gasteiger partial charge in [-0.15, -0.1) is 0 Å². The van der Waals surface area contributed by atoms with Crippen molar-refractivity contribution in [2.24, 2.45) is 0 Å². The van der Waals surface area contributed by atoms with Gasteiger partial charge < -0.3 is 33.8 Å². The fourth-order valence-corrected chi connectivity index (χ4v) is 9.06. The molecule has 0 unspecified atom stereocenters. The predicted octanol–water partition coefficient (Wildman–Crippen LogP) is 9.58. The second-order valence-corrected chi connectivity index (χ2v) is 17.8. The Bertz CT molecular complexity index is 1940. The number of rotatable bonds is 30. The van der Waals surface area contributed by atoms with Crippen molar-refractivity contribution in [2.75, 3.05) is 59.6 Å². The molecule has 0 spiro atoms. The van der Waals surface area contributed by atoms with Crippen molar-refractivity contribution in [3.63, 3.8) is 0 Å². The molecule has 5 rings (SSSR count). The number of nitrogens with zero attached hydrogens (tertiary/aromatic N) is 2. The molecule has 0 aromatic heterocycles. The first-order valence-electron chi connectivity index (χ1n) is 23.5. The zero-order valence-corrected chi connectivity index (χ0v) is 37.9. The van der Waals surface area contributed by atoms with Crippen LogP contribution in [0, 0.1) is 0 Å². The van der Waals surface area contributed by atoms with E-state index in [-0.39, 0.29) is 55.7 Å². The largest absolute Gasteiger partial charge is 0.488 e. The number of carbonyl (C=O) groups is 2. The van der Waals surface area contributed by atoms with Gasteiger partial charge in [0.05, 0.1) is 51.1 Å². The summed E-state index contributed by atoms with van der Waals surface area (Å²) >= 11 is 0. The molecule has 0 atom stereocenters. The Morgan fingerprint density at radius 3 is 1.23 bits per heavy atom. The highest BCUT2D eigenvalue weighted by Gasteiger charge is 2.35. The number of quaternary nitrogens is 2. The molecule has 336 valence electrons. The number of benzene rings is 4. The highest BCUT2D eigenvalue weighted by atomic mass is 16.5. The van der Waals surface area contributed by atoms with E-state index in [0.29, 0.717) is 53.3 Å². The maximum atomic E-state index is 14.1. The third-order valence-electron chi connectivity index (χ3n) is 12.7. The fourth-order valence-electron chi connectivity index (χ4n) is 9.06. The van der Waals surface area contributed by atoms with Gasteiger partial charge in [0.1, 0.15) is 57.4 Å². The van der Waals surface area contributed by atoms with E-state index in [1.165, 1.54) is 95.7 Å². The summed E-state index contributed by atoms with van der Waals surface area (Å²) in [4.78, 5) is 28.2. The van der Waals surface area contributed by atoms with Crippen LogP contribution in [-0.4, -0.2) is 95.4 Å². The lowest BCUT2D eigenvalue weighted by molar-refractivity contribution is -0.941. The second-order valence-electron chi connectivity index (χ2n) is 17.8. The quantitative estimate of drug-likeness (QED) is 0.0312. The minimum absolute atomic E-state index is 0.0448. The van der Waals surface area contributed by atoms with Gasteiger partial charge in [-0.1, -0.05) is 138 Å². The number of hydrogen-bond acceptors (Lipinski definition) is 7. The lowest BCUT2D eigenvalue weighted by Gasteiger charge is -2.37. The lowest BCUT2D eigenvalue weighted by atomic mass is 9.83. The summed E-state index contributed by atoms with van der Waals surface area (Å²) in [6.45, 7) is 10.1. The van der Waals surface area contributed by atoms with Gasteiger partial charge >= 0.3 is 0 Å². The molecule has 4 aromatic carbocycles. The van der Waals surface area contributed by atoms with E-state index in [1.54, 1.807) is 36.4 Å². The van der Waals surface area contributed by atoms with Crippen molar-refractivity contribution in [3.05, 3.63) is 129 Å². The highest BCUT2D eigenvalue weighted by Crippen LogP contribution is 2.39. The zero-order valence-electron chi connectivity index (χ0n) is 37.9. The molecule has 0 saturated heterocycles. The molecular weight excluding hydrogens is 777 g/mol. The first-order chi connectivity index (χ1) is 30.2. The van der Waals surface area contributed by atoms with Gasteiger partial charge in [-0.2, -0.15) is 0 Å². The Kier molecular flexibility index (Phi) is 19.7. The van der Waals surface area contributed by atoms with Crippen LogP contribution in [0.5, 0.6) is 11.5 Å². The molecule has 3 N–H and O–H groups in total. The average molecular weight is 851 g/mol. The third kappa shape index (κ3) is 13.8. The van der Waals surface area contributed by atoms with Crippen molar-refractivity contribution < 1.29 is 43.3 Å². The second kappa shape index (κ2) is 25.1. The van der Waals surface area contributed by atoms with Crippen molar-refractivity contribution in [1.29, 1.82) is 0 Å². The SMILES string of the molecule is CCCCCCCC[N+](C)(CCCCCCCC)Cc1ccc(COc2ccc(OCc3ccc(C[N+](CCO)(CCO)CCO)cc3)c3c2C(=O)c2ccccc2C3=O)cc1. The Hall–Kier alpha value is -4.38. The molecule has 0 heterocycles. The summed E-state index contributed by atoms with van der Waals surface area (Å²) in [7, 11) is 2.43. The van der Waals surface area contributed by atoms with Crippen LogP contribution in [0.2, 0.25) is 0 Å². The van der Waals surface area contributed by atoms with Crippen LogP contribution in [-0.2, 0) is 26.3 Å². The fraction of sp³-hybridized carbons (Fsp3) is 0.509. The molecule has 0 fully saturated rings. The molecule has 62 heavy (non-hydrogen) atoms. The minimum atomic E-state index is -0.274. The first-order valence-corrected chi connectivity index (χ1v) is 23.5. The van der Waals surface area contributed by atoms with E-state index < -0.39 is 0 Å². The van der Waals surface area contributed by atoms with Gasteiger partial charge in [0.15, 0.2) is 11.6 Å². The number of fused-ring (bicyclic) bond motifs is 2. The van der Waals surface area contributed by atoms with Gasteiger partial charge in [0.25, 0.3) is 0 Å². The maximum Gasteiger partial charge on any atom is 0.198 e. The molecule has 9 heteroatoms. The van der Waals surface area contributed by atoms with Gasteiger partial charge in [-0.05, 0) is 48.9 Å². The number of carbonyl (C=O) groups excluding carboxylic acids is 2. The molecule has 1 aliphatic carbocycles. The van der Waals surface area contributed by atoms with Crippen molar-refractivity contribution >= 4 is 11.6 Å². The zero-order chi connectivity index (χ0) is 44.2. The van der Waals surface area contributed by atoms with Gasteiger partial charge in [-0.3, -0.25) is 9.59 Å². The van der Waals surface area contributed by atoms with Crippen LogP contribution in [0.1, 0.15) is 145 Å². The van der Waals surface area contributed by atoms with Gasteiger partial charge in [0.2, 0.25) is 0 Å². The van der Waals surface area contributed by atoms with Crippen molar-refractivity contribution in [1.82, 2.24) is 0 Å². The first kappa shape index (κ1) is 48.6. The molecule has 1 aliphatic rings. The molecule has 9 nitrogen and oxygen atoms in total. The number of aliphatic hydroxyl groups is 3. The summed E-state index contributed by atoms with van der Waals surface area (Å²) in [6.07, 6.45) is 15.7. The normalized spacial score (nSPS) is 12.7. The molecule has 0 amide bonds. The number of ketones is 2. The van der Waals surface area contributed by atoms with E-state index in [9.17, 15) is 24.9 Å². The third-order valence-corrected chi connectivity index (χ3v) is 12.7. The Labute approximate surface area is 371 Å². The van der Waals surface area contributed by atoms with Crippen LogP contribution < -0.4 is 9.47 Å². The Balaban J connectivity index is 1.28. The topological polar surface area (TPSA) is 113 Å². The van der Waals surface area contributed by atoms with E-state index >= 15 is 0 Å². The molecule has 0 radical (unpaired) electrons. The summed E-state index contributed by atoms with van der Waals surface area (Å²) in [5.41, 5.74) is 5.31. The van der Waals surface area contributed by atoms with Crippen LogP contribution in [0.4, 0.5) is 0 Å². The molecule has 0 aliphatic heterocycles. The van der Waals surface area contributed by atoms with E-state index in [4.69, 9.17) is 9.47 Å².